The van der Waals surface area contributed by atoms with E-state index in [4.69, 9.17) is 5.84 Å². The molecule has 0 atom stereocenters. The van der Waals surface area contributed by atoms with Gasteiger partial charge in [-0.3, -0.25) is 15.6 Å². The van der Waals surface area contributed by atoms with Gasteiger partial charge in [-0.2, -0.15) is 0 Å². The molecule has 20 heavy (non-hydrogen) atoms. The van der Waals surface area contributed by atoms with Gasteiger partial charge in [0.1, 0.15) is 0 Å². The molecule has 0 saturated carbocycles. The Morgan fingerprint density at radius 3 is 2.70 bits per heavy atom. The average molecular weight is 266 g/mol. The van der Waals surface area contributed by atoms with E-state index in [0.717, 1.165) is 16.6 Å². The van der Waals surface area contributed by atoms with Crippen LogP contribution in [0.4, 0.5) is 5.69 Å². The largest absolute Gasteiger partial charge is 0.324 e. The first-order chi connectivity index (χ1) is 9.78. The van der Waals surface area contributed by atoms with Crippen molar-refractivity contribution in [3.8, 4) is 0 Å². The second kappa shape index (κ2) is 5.14. The molecule has 5 heteroatoms. The van der Waals surface area contributed by atoms with E-state index >= 15 is 0 Å². The molecule has 0 unspecified atom stereocenters. The summed E-state index contributed by atoms with van der Waals surface area (Å²) in [6, 6.07) is 11.2. The van der Waals surface area contributed by atoms with Crippen LogP contribution in [0.3, 0.4) is 0 Å². The second-order valence-electron chi connectivity index (χ2n) is 4.55. The van der Waals surface area contributed by atoms with Crippen molar-refractivity contribution in [3.63, 3.8) is 0 Å². The van der Waals surface area contributed by atoms with Crippen LogP contribution in [0.2, 0.25) is 0 Å². The zero-order valence-electron chi connectivity index (χ0n) is 10.8. The first-order valence-electron chi connectivity index (χ1n) is 6.26. The molecule has 0 spiro atoms. The van der Waals surface area contributed by atoms with Gasteiger partial charge in [-0.25, -0.2) is 0 Å². The number of nitrogens with two attached hydrogens (primary N) is 1. The number of pyridine rings is 2. The Hall–Kier alpha value is -2.66. The van der Waals surface area contributed by atoms with E-state index in [9.17, 15) is 4.79 Å². The molecule has 0 aliphatic rings. The van der Waals surface area contributed by atoms with Crippen LogP contribution in [0.15, 0.2) is 59.8 Å². The number of hydrogen-bond donors (Lipinski definition) is 2. The van der Waals surface area contributed by atoms with Gasteiger partial charge < -0.3 is 9.99 Å². The van der Waals surface area contributed by atoms with Crippen LogP contribution in [0.25, 0.3) is 10.8 Å². The molecule has 0 aliphatic carbocycles. The molecule has 1 aromatic carbocycles. The Morgan fingerprint density at radius 2 is 1.95 bits per heavy atom. The Bertz CT molecular complexity index is 796. The lowest BCUT2D eigenvalue weighted by molar-refractivity contribution is 0.767. The summed E-state index contributed by atoms with van der Waals surface area (Å²) in [7, 11) is 0. The van der Waals surface area contributed by atoms with Crippen molar-refractivity contribution in [1.82, 2.24) is 9.55 Å². The minimum Gasteiger partial charge on any atom is -0.324 e. The number of benzene rings is 1. The maximum atomic E-state index is 12.4. The molecular weight excluding hydrogens is 252 g/mol. The fourth-order valence-electron chi connectivity index (χ4n) is 2.19. The van der Waals surface area contributed by atoms with E-state index in [0.29, 0.717) is 11.9 Å². The highest BCUT2D eigenvalue weighted by molar-refractivity contribution is 5.84. The smallest absolute Gasteiger partial charge is 0.258 e. The molecule has 2 aromatic heterocycles. The monoisotopic (exact) mass is 266 g/mol. The van der Waals surface area contributed by atoms with Gasteiger partial charge in [0.25, 0.3) is 5.56 Å². The van der Waals surface area contributed by atoms with Crippen LogP contribution in [0, 0.1) is 0 Å². The molecule has 0 amide bonds. The summed E-state index contributed by atoms with van der Waals surface area (Å²) >= 11 is 0. The van der Waals surface area contributed by atoms with Crippen molar-refractivity contribution in [2.24, 2.45) is 5.84 Å². The standard InChI is InChI=1S/C15H14N4O/c16-18-13-1-2-14-12(9-13)5-8-19(15(14)20)10-11-3-6-17-7-4-11/h1-9,18H,10,16H2. The van der Waals surface area contributed by atoms with E-state index in [2.05, 4.69) is 10.4 Å². The highest BCUT2D eigenvalue weighted by Gasteiger charge is 2.04. The molecular formula is C15H14N4O. The highest BCUT2D eigenvalue weighted by Crippen LogP contribution is 2.15. The molecule has 0 radical (unpaired) electrons. The average Bonchev–Trinajstić information content (AvgIpc) is 2.51. The molecule has 0 saturated heterocycles. The predicted molar refractivity (Wildman–Crippen MR) is 79.4 cm³/mol. The summed E-state index contributed by atoms with van der Waals surface area (Å²) in [5.74, 6) is 5.37. The van der Waals surface area contributed by atoms with E-state index in [-0.39, 0.29) is 5.56 Å². The SMILES string of the molecule is NNc1ccc2c(=O)n(Cc3ccncc3)ccc2c1. The van der Waals surface area contributed by atoms with Crippen molar-refractivity contribution in [3.05, 3.63) is 70.9 Å². The fraction of sp³-hybridized carbons (Fsp3) is 0.0667. The molecule has 0 bridgehead atoms. The summed E-state index contributed by atoms with van der Waals surface area (Å²) in [4.78, 5) is 16.4. The molecule has 0 fully saturated rings. The van der Waals surface area contributed by atoms with Crippen molar-refractivity contribution < 1.29 is 0 Å². The van der Waals surface area contributed by atoms with Gasteiger partial charge in [-0.05, 0) is 47.3 Å². The van der Waals surface area contributed by atoms with Crippen LogP contribution in [-0.4, -0.2) is 9.55 Å². The third-order valence-electron chi connectivity index (χ3n) is 3.25. The zero-order valence-corrected chi connectivity index (χ0v) is 10.8. The van der Waals surface area contributed by atoms with Gasteiger partial charge >= 0.3 is 0 Å². The lowest BCUT2D eigenvalue weighted by Crippen LogP contribution is -2.20. The number of anilines is 1. The Morgan fingerprint density at radius 1 is 1.15 bits per heavy atom. The Kier molecular flexibility index (Phi) is 3.18. The van der Waals surface area contributed by atoms with E-state index in [1.165, 1.54) is 0 Å². The lowest BCUT2D eigenvalue weighted by atomic mass is 10.1. The number of fused-ring (bicyclic) bond motifs is 1. The highest BCUT2D eigenvalue weighted by atomic mass is 16.1. The third-order valence-corrected chi connectivity index (χ3v) is 3.25. The van der Waals surface area contributed by atoms with Crippen molar-refractivity contribution in [1.29, 1.82) is 0 Å². The lowest BCUT2D eigenvalue weighted by Gasteiger charge is -2.08. The zero-order chi connectivity index (χ0) is 13.9. The summed E-state index contributed by atoms with van der Waals surface area (Å²) in [6.07, 6.45) is 5.24. The first kappa shape index (κ1) is 12.4. The predicted octanol–water partition coefficient (Wildman–Crippen LogP) is 1.73. The Balaban J connectivity index is 2.05. The minimum atomic E-state index is -0.0112. The molecule has 100 valence electrons. The number of hydrazine groups is 1. The fourth-order valence-corrected chi connectivity index (χ4v) is 2.19. The molecule has 5 nitrogen and oxygen atoms in total. The normalized spacial score (nSPS) is 10.7. The molecule has 0 aliphatic heterocycles. The van der Waals surface area contributed by atoms with Gasteiger partial charge in [-0.15, -0.1) is 0 Å². The molecule has 3 N–H and O–H groups in total. The summed E-state index contributed by atoms with van der Waals surface area (Å²) in [6.45, 7) is 0.536. The number of nitrogen functional groups attached to an aromatic ring is 1. The Labute approximate surface area is 115 Å². The number of hydrogen-bond acceptors (Lipinski definition) is 4. The van der Waals surface area contributed by atoms with Crippen LogP contribution < -0.4 is 16.8 Å². The van der Waals surface area contributed by atoms with Crippen LogP contribution in [0.1, 0.15) is 5.56 Å². The van der Waals surface area contributed by atoms with Gasteiger partial charge in [0, 0.05) is 29.7 Å². The van der Waals surface area contributed by atoms with Crippen LogP contribution in [-0.2, 0) is 6.54 Å². The van der Waals surface area contributed by atoms with Crippen LogP contribution >= 0.6 is 0 Å². The van der Waals surface area contributed by atoms with Crippen molar-refractivity contribution in [2.75, 3.05) is 5.43 Å². The second-order valence-corrected chi connectivity index (χ2v) is 4.55. The third kappa shape index (κ3) is 2.26. The maximum Gasteiger partial charge on any atom is 0.258 e. The minimum absolute atomic E-state index is 0.0112. The van der Waals surface area contributed by atoms with Crippen molar-refractivity contribution in [2.45, 2.75) is 6.54 Å². The number of nitrogens with one attached hydrogen (secondary N) is 1. The summed E-state index contributed by atoms with van der Waals surface area (Å²) in [5, 5.41) is 1.55. The first-order valence-corrected chi connectivity index (χ1v) is 6.26. The maximum absolute atomic E-state index is 12.4. The van der Waals surface area contributed by atoms with Gasteiger partial charge in [0.15, 0.2) is 0 Å². The molecule has 3 aromatic rings. The van der Waals surface area contributed by atoms with Crippen LogP contribution in [0.5, 0.6) is 0 Å². The van der Waals surface area contributed by atoms with E-state index in [1.807, 2.05) is 24.3 Å². The summed E-state index contributed by atoms with van der Waals surface area (Å²) in [5.41, 5.74) is 4.39. The molecule has 3 rings (SSSR count). The van der Waals surface area contributed by atoms with E-state index in [1.54, 1.807) is 35.3 Å². The topological polar surface area (TPSA) is 72.9 Å². The van der Waals surface area contributed by atoms with Crippen molar-refractivity contribution >= 4 is 16.5 Å². The van der Waals surface area contributed by atoms with Gasteiger partial charge in [0.2, 0.25) is 0 Å². The summed E-state index contributed by atoms with van der Waals surface area (Å²) < 4.78 is 1.69. The number of nitrogens with zero attached hydrogens (tertiary/aromatic N) is 2. The number of rotatable bonds is 3. The van der Waals surface area contributed by atoms with Gasteiger partial charge in [0.05, 0.1) is 6.54 Å². The molecule has 2 heterocycles. The van der Waals surface area contributed by atoms with Gasteiger partial charge in [-0.1, -0.05) is 0 Å². The number of aromatic nitrogens is 2. The quantitative estimate of drug-likeness (QED) is 0.559. The van der Waals surface area contributed by atoms with E-state index < -0.39 is 0 Å².